The molecule has 0 radical (unpaired) electrons. The average Bonchev–Trinajstić information content (AvgIpc) is 2.52. The molecule has 0 amide bonds. The summed E-state index contributed by atoms with van der Waals surface area (Å²) in [5.41, 5.74) is 0.982. The Labute approximate surface area is 126 Å². The van der Waals surface area contributed by atoms with Gasteiger partial charge in [-0.25, -0.2) is 4.79 Å². The molecule has 0 bridgehead atoms. The van der Waals surface area contributed by atoms with Crippen molar-refractivity contribution in [2.75, 3.05) is 26.8 Å². The lowest BCUT2D eigenvalue weighted by atomic mass is 9.90. The van der Waals surface area contributed by atoms with Gasteiger partial charge in [0, 0.05) is 6.54 Å². The first kappa shape index (κ1) is 16.6. The Morgan fingerprint density at radius 3 is 2.73 bits per heavy atom. The molecule has 1 aromatic carbocycles. The number of carbonyl (C=O) groups excluding carboxylic acids is 1. The lowest BCUT2D eigenvalue weighted by Gasteiger charge is -2.24. The lowest BCUT2D eigenvalue weighted by molar-refractivity contribution is -0.153. The van der Waals surface area contributed by atoms with E-state index >= 15 is 0 Å². The summed E-state index contributed by atoms with van der Waals surface area (Å²) < 4.78 is 46.3. The average molecular weight is 317 g/mol. The number of halogens is 3. The molecule has 1 fully saturated rings. The maximum absolute atomic E-state index is 12.3. The maximum Gasteiger partial charge on any atom is 0.422 e. The molecule has 1 N–H and O–H groups in total. The van der Waals surface area contributed by atoms with Gasteiger partial charge in [-0.15, -0.1) is 0 Å². The second-order valence-corrected chi connectivity index (χ2v) is 5.23. The van der Waals surface area contributed by atoms with Gasteiger partial charge in [-0.3, -0.25) is 0 Å². The van der Waals surface area contributed by atoms with Crippen molar-refractivity contribution in [2.45, 2.75) is 24.9 Å². The van der Waals surface area contributed by atoms with E-state index in [0.29, 0.717) is 0 Å². The summed E-state index contributed by atoms with van der Waals surface area (Å²) >= 11 is 0. The molecular formula is C15H18F3NO3. The Hall–Kier alpha value is -1.76. The Balaban J connectivity index is 2.25. The van der Waals surface area contributed by atoms with E-state index in [1.54, 1.807) is 12.1 Å². The van der Waals surface area contributed by atoms with E-state index in [9.17, 15) is 18.0 Å². The molecule has 7 heteroatoms. The normalized spacial score (nSPS) is 18.8. The minimum absolute atomic E-state index is 0.0285. The van der Waals surface area contributed by atoms with E-state index < -0.39 is 18.8 Å². The van der Waals surface area contributed by atoms with Gasteiger partial charge >= 0.3 is 12.1 Å². The fourth-order valence-corrected chi connectivity index (χ4v) is 2.48. The van der Waals surface area contributed by atoms with Crippen LogP contribution in [0, 0.1) is 0 Å². The third-order valence-corrected chi connectivity index (χ3v) is 3.52. The number of nitrogens with one attached hydrogen (secondary N) is 1. The van der Waals surface area contributed by atoms with Gasteiger partial charge in [-0.1, -0.05) is 0 Å². The molecule has 1 atom stereocenters. The predicted molar refractivity (Wildman–Crippen MR) is 74.2 cm³/mol. The Morgan fingerprint density at radius 2 is 2.14 bits per heavy atom. The van der Waals surface area contributed by atoms with Crippen molar-refractivity contribution in [3.05, 3.63) is 29.3 Å². The van der Waals surface area contributed by atoms with Gasteiger partial charge in [0.1, 0.15) is 5.75 Å². The van der Waals surface area contributed by atoms with E-state index in [-0.39, 0.29) is 17.2 Å². The fraction of sp³-hybridized carbons (Fsp3) is 0.533. The summed E-state index contributed by atoms with van der Waals surface area (Å²) in [7, 11) is 1.23. The summed E-state index contributed by atoms with van der Waals surface area (Å²) in [4.78, 5) is 11.7. The van der Waals surface area contributed by atoms with E-state index in [4.69, 9.17) is 4.74 Å². The van der Waals surface area contributed by atoms with Crippen LogP contribution in [0.1, 0.15) is 34.7 Å². The summed E-state index contributed by atoms with van der Waals surface area (Å²) in [6.07, 6.45) is -2.53. The van der Waals surface area contributed by atoms with Crippen molar-refractivity contribution >= 4 is 5.97 Å². The highest BCUT2D eigenvalue weighted by atomic mass is 19.4. The second kappa shape index (κ2) is 7.00. The largest absolute Gasteiger partial charge is 0.484 e. The Morgan fingerprint density at radius 1 is 1.36 bits per heavy atom. The minimum Gasteiger partial charge on any atom is -0.484 e. The van der Waals surface area contributed by atoms with Crippen molar-refractivity contribution in [3.8, 4) is 5.75 Å². The van der Waals surface area contributed by atoms with E-state index in [1.165, 1.54) is 13.2 Å². The molecule has 2 rings (SSSR count). The molecule has 1 aliphatic heterocycles. The highest BCUT2D eigenvalue weighted by Gasteiger charge is 2.29. The standard InChI is InChI=1S/C15H18F3NO3/c1-21-14(20)12-5-11(10-3-2-4-19-8-10)6-13(7-12)22-9-15(16,17)18/h5-7,10,19H,2-4,8-9H2,1H3. The summed E-state index contributed by atoms with van der Waals surface area (Å²) in [5, 5.41) is 3.23. The molecule has 122 valence electrons. The quantitative estimate of drug-likeness (QED) is 0.868. The molecule has 0 spiro atoms. The van der Waals surface area contributed by atoms with Crippen LogP contribution >= 0.6 is 0 Å². The first-order chi connectivity index (χ1) is 10.4. The molecule has 0 saturated carbocycles. The van der Waals surface area contributed by atoms with Crippen LogP contribution in [0.25, 0.3) is 0 Å². The molecule has 0 aliphatic carbocycles. The number of ether oxygens (including phenoxy) is 2. The number of alkyl halides is 3. The molecule has 4 nitrogen and oxygen atoms in total. The number of hydrogen-bond donors (Lipinski definition) is 1. The van der Waals surface area contributed by atoms with Crippen LogP contribution in [-0.4, -0.2) is 39.0 Å². The van der Waals surface area contributed by atoms with Crippen LogP contribution < -0.4 is 10.1 Å². The monoisotopic (exact) mass is 317 g/mol. The summed E-state index contributed by atoms with van der Waals surface area (Å²) in [6, 6.07) is 4.50. The zero-order chi connectivity index (χ0) is 16.2. The van der Waals surface area contributed by atoms with Gasteiger partial charge < -0.3 is 14.8 Å². The minimum atomic E-state index is -4.42. The molecule has 22 heavy (non-hydrogen) atoms. The van der Waals surface area contributed by atoms with Crippen LogP contribution in [0.4, 0.5) is 13.2 Å². The Kier molecular flexibility index (Phi) is 5.28. The van der Waals surface area contributed by atoms with Crippen LogP contribution in [0.3, 0.4) is 0 Å². The fourth-order valence-electron chi connectivity index (χ4n) is 2.48. The van der Waals surface area contributed by atoms with Crippen LogP contribution in [-0.2, 0) is 4.74 Å². The predicted octanol–water partition coefficient (Wildman–Crippen LogP) is 2.88. The van der Waals surface area contributed by atoms with Gasteiger partial charge in [-0.2, -0.15) is 13.2 Å². The number of hydrogen-bond acceptors (Lipinski definition) is 4. The molecule has 0 aromatic heterocycles. The molecule has 1 saturated heterocycles. The first-order valence-corrected chi connectivity index (χ1v) is 7.02. The zero-order valence-corrected chi connectivity index (χ0v) is 12.2. The number of esters is 1. The van der Waals surface area contributed by atoms with Gasteiger partial charge in [-0.05, 0) is 49.1 Å². The van der Waals surface area contributed by atoms with Crippen molar-refractivity contribution in [2.24, 2.45) is 0 Å². The number of rotatable bonds is 4. The van der Waals surface area contributed by atoms with E-state index in [2.05, 4.69) is 10.1 Å². The second-order valence-electron chi connectivity index (χ2n) is 5.23. The van der Waals surface area contributed by atoms with E-state index in [1.807, 2.05) is 0 Å². The Bertz CT molecular complexity index is 525. The smallest absolute Gasteiger partial charge is 0.422 e. The summed E-state index contributed by atoms with van der Waals surface area (Å²) in [5.74, 6) is -0.421. The SMILES string of the molecule is COC(=O)c1cc(OCC(F)(F)F)cc(C2CCCNC2)c1. The molecule has 1 unspecified atom stereocenters. The van der Waals surface area contributed by atoms with Crippen LogP contribution in [0.5, 0.6) is 5.75 Å². The molecule has 1 aromatic rings. The number of benzene rings is 1. The topological polar surface area (TPSA) is 47.6 Å². The van der Waals surface area contributed by atoms with Gasteiger partial charge in [0.25, 0.3) is 0 Å². The highest BCUT2D eigenvalue weighted by Crippen LogP contribution is 2.29. The van der Waals surface area contributed by atoms with Crippen LogP contribution in [0.2, 0.25) is 0 Å². The van der Waals surface area contributed by atoms with Crippen molar-refractivity contribution < 1.29 is 27.4 Å². The summed E-state index contributed by atoms with van der Waals surface area (Å²) in [6.45, 7) is 0.258. The van der Waals surface area contributed by atoms with Gasteiger partial charge in [0.15, 0.2) is 6.61 Å². The van der Waals surface area contributed by atoms with Crippen LogP contribution in [0.15, 0.2) is 18.2 Å². The van der Waals surface area contributed by atoms with Crippen molar-refractivity contribution in [3.63, 3.8) is 0 Å². The lowest BCUT2D eigenvalue weighted by Crippen LogP contribution is -2.28. The maximum atomic E-state index is 12.3. The number of piperidine rings is 1. The third kappa shape index (κ3) is 4.62. The van der Waals surface area contributed by atoms with Gasteiger partial charge in [0.2, 0.25) is 0 Å². The number of carbonyl (C=O) groups is 1. The van der Waals surface area contributed by atoms with Gasteiger partial charge in [0.05, 0.1) is 12.7 Å². The van der Waals surface area contributed by atoms with E-state index in [0.717, 1.165) is 31.5 Å². The molecule has 1 heterocycles. The number of methoxy groups -OCH3 is 1. The van der Waals surface area contributed by atoms with Crippen molar-refractivity contribution in [1.29, 1.82) is 0 Å². The third-order valence-electron chi connectivity index (χ3n) is 3.52. The first-order valence-electron chi connectivity index (χ1n) is 7.02. The zero-order valence-electron chi connectivity index (χ0n) is 12.2. The highest BCUT2D eigenvalue weighted by molar-refractivity contribution is 5.90. The molecule has 1 aliphatic rings. The van der Waals surface area contributed by atoms with Crippen molar-refractivity contribution in [1.82, 2.24) is 5.32 Å². The molecular weight excluding hydrogens is 299 g/mol.